The number of fused-ring (bicyclic) bond motifs is 1. The largest absolute Gasteiger partial charge is 0.497 e. The Bertz CT molecular complexity index is 1190. The van der Waals surface area contributed by atoms with Crippen molar-refractivity contribution in [3.8, 4) is 17.0 Å². The Hall–Kier alpha value is -3.61. The van der Waals surface area contributed by atoms with E-state index in [1.54, 1.807) is 7.11 Å². The van der Waals surface area contributed by atoms with E-state index in [0.717, 1.165) is 33.4 Å². The van der Waals surface area contributed by atoms with Crippen molar-refractivity contribution >= 4 is 22.7 Å². The van der Waals surface area contributed by atoms with E-state index in [0.29, 0.717) is 11.3 Å². The number of carbonyl (C=O) groups is 1. The van der Waals surface area contributed by atoms with Crippen molar-refractivity contribution in [3.63, 3.8) is 0 Å². The molecule has 2 heterocycles. The molecule has 142 valence electrons. The Kier molecular flexibility index (Phi) is 4.35. The van der Waals surface area contributed by atoms with Crippen LogP contribution >= 0.6 is 0 Å². The number of hydrogen-bond donors (Lipinski definition) is 1. The summed E-state index contributed by atoms with van der Waals surface area (Å²) in [5.74, 6) is 0.793. The first kappa shape index (κ1) is 17.8. The quantitative estimate of drug-likeness (QED) is 0.556. The highest BCUT2D eigenvalue weighted by Gasteiger charge is 2.22. The maximum absolute atomic E-state index is 12.8. The number of ether oxygens (including phenoxy) is 1. The number of aromatic nitrogens is 2. The van der Waals surface area contributed by atoms with E-state index in [1.807, 2.05) is 57.2 Å². The Labute approximate surface area is 161 Å². The van der Waals surface area contributed by atoms with E-state index in [1.165, 1.54) is 0 Å². The SMILES string of the molecule is COc1ccc(-c2nonc2NC(=O)c2oc3ccc(C)cc3c2C)c(C)c1. The van der Waals surface area contributed by atoms with Crippen molar-refractivity contribution in [3.05, 3.63) is 58.8 Å². The molecule has 1 amide bonds. The normalized spacial score (nSPS) is 11.0. The lowest BCUT2D eigenvalue weighted by molar-refractivity contribution is 0.0997. The molecule has 0 bridgehead atoms. The smallest absolute Gasteiger partial charge is 0.292 e. The number of furan rings is 1. The van der Waals surface area contributed by atoms with E-state index in [4.69, 9.17) is 13.8 Å². The second-order valence-corrected chi connectivity index (χ2v) is 6.65. The molecule has 2 aromatic carbocycles. The van der Waals surface area contributed by atoms with Crippen LogP contribution in [0.1, 0.15) is 27.2 Å². The molecule has 0 aliphatic carbocycles. The summed E-state index contributed by atoms with van der Waals surface area (Å²) in [5, 5.41) is 11.5. The lowest BCUT2D eigenvalue weighted by Gasteiger charge is -2.07. The average Bonchev–Trinajstić information content (AvgIpc) is 3.26. The molecule has 0 unspecified atom stereocenters. The summed E-state index contributed by atoms with van der Waals surface area (Å²) in [5.41, 5.74) is 4.68. The molecule has 28 heavy (non-hydrogen) atoms. The van der Waals surface area contributed by atoms with Gasteiger partial charge in [0, 0.05) is 16.5 Å². The highest BCUT2D eigenvalue weighted by Crippen LogP contribution is 2.31. The van der Waals surface area contributed by atoms with E-state index < -0.39 is 5.91 Å². The Morgan fingerprint density at radius 1 is 1.07 bits per heavy atom. The van der Waals surface area contributed by atoms with Gasteiger partial charge < -0.3 is 9.15 Å². The molecule has 7 heteroatoms. The summed E-state index contributed by atoms with van der Waals surface area (Å²) in [4.78, 5) is 12.8. The summed E-state index contributed by atoms with van der Waals surface area (Å²) in [6.07, 6.45) is 0. The summed E-state index contributed by atoms with van der Waals surface area (Å²) < 4.78 is 15.9. The van der Waals surface area contributed by atoms with Crippen molar-refractivity contribution in [2.24, 2.45) is 0 Å². The summed E-state index contributed by atoms with van der Waals surface area (Å²) in [6, 6.07) is 11.3. The van der Waals surface area contributed by atoms with Crippen LogP contribution in [0.4, 0.5) is 5.82 Å². The number of carbonyl (C=O) groups excluding carboxylic acids is 1. The van der Waals surface area contributed by atoms with Crippen molar-refractivity contribution in [1.29, 1.82) is 0 Å². The zero-order valence-corrected chi connectivity index (χ0v) is 16.0. The molecule has 0 aliphatic rings. The van der Waals surface area contributed by atoms with Gasteiger partial charge in [-0.05, 0) is 67.0 Å². The standard InChI is InChI=1S/C21H19N3O4/c1-11-5-8-17-16(9-11)13(3)19(27-17)21(25)22-20-18(23-28-24-20)15-7-6-14(26-4)10-12(15)2/h5-10H,1-4H3,(H,22,24,25). The van der Waals surface area contributed by atoms with Crippen LogP contribution < -0.4 is 10.1 Å². The van der Waals surface area contributed by atoms with E-state index >= 15 is 0 Å². The van der Waals surface area contributed by atoms with Crippen molar-refractivity contribution in [1.82, 2.24) is 10.3 Å². The van der Waals surface area contributed by atoms with Crippen LogP contribution in [0.2, 0.25) is 0 Å². The average molecular weight is 377 g/mol. The van der Waals surface area contributed by atoms with Crippen LogP contribution in [0, 0.1) is 20.8 Å². The molecule has 4 rings (SSSR count). The molecule has 0 aliphatic heterocycles. The topological polar surface area (TPSA) is 90.4 Å². The highest BCUT2D eigenvalue weighted by molar-refractivity contribution is 6.07. The Balaban J connectivity index is 1.67. The number of hydrogen-bond acceptors (Lipinski definition) is 6. The molecule has 0 saturated carbocycles. The van der Waals surface area contributed by atoms with Crippen molar-refractivity contribution in [2.45, 2.75) is 20.8 Å². The number of methoxy groups -OCH3 is 1. The summed E-state index contributed by atoms with van der Waals surface area (Å²) in [6.45, 7) is 5.77. The van der Waals surface area contributed by atoms with Gasteiger partial charge in [0.15, 0.2) is 11.5 Å². The van der Waals surface area contributed by atoms with Crippen molar-refractivity contribution in [2.75, 3.05) is 12.4 Å². The van der Waals surface area contributed by atoms with Crippen LogP contribution in [0.3, 0.4) is 0 Å². The van der Waals surface area contributed by atoms with Gasteiger partial charge in [0.2, 0.25) is 5.82 Å². The van der Waals surface area contributed by atoms with Crippen LogP contribution in [0.25, 0.3) is 22.2 Å². The molecule has 4 aromatic rings. The van der Waals surface area contributed by atoms with Gasteiger partial charge in [-0.1, -0.05) is 11.6 Å². The number of anilines is 1. The predicted molar refractivity (Wildman–Crippen MR) is 105 cm³/mol. The third kappa shape index (κ3) is 3.00. The second kappa shape index (κ2) is 6.84. The molecule has 2 aromatic heterocycles. The summed E-state index contributed by atoms with van der Waals surface area (Å²) in [7, 11) is 1.61. The summed E-state index contributed by atoms with van der Waals surface area (Å²) >= 11 is 0. The number of nitrogens with one attached hydrogen (secondary N) is 1. The predicted octanol–water partition coefficient (Wildman–Crippen LogP) is 4.67. The first-order valence-corrected chi connectivity index (χ1v) is 8.76. The van der Waals surface area contributed by atoms with Crippen molar-refractivity contribution < 1.29 is 18.6 Å². The molecule has 0 atom stereocenters. The zero-order chi connectivity index (χ0) is 19.8. The first-order chi connectivity index (χ1) is 13.5. The van der Waals surface area contributed by atoms with Crippen LogP contribution in [-0.2, 0) is 0 Å². The van der Waals surface area contributed by atoms with E-state index in [2.05, 4.69) is 15.6 Å². The highest BCUT2D eigenvalue weighted by atomic mass is 16.6. The third-order valence-corrected chi connectivity index (χ3v) is 4.71. The van der Waals surface area contributed by atoms with Gasteiger partial charge in [0.05, 0.1) is 7.11 Å². The van der Waals surface area contributed by atoms with Gasteiger partial charge in [0.1, 0.15) is 11.3 Å². The van der Waals surface area contributed by atoms with Crippen LogP contribution in [-0.4, -0.2) is 23.3 Å². The number of amides is 1. The van der Waals surface area contributed by atoms with Gasteiger partial charge in [-0.3, -0.25) is 10.1 Å². The monoisotopic (exact) mass is 377 g/mol. The maximum Gasteiger partial charge on any atom is 0.292 e. The minimum Gasteiger partial charge on any atom is -0.497 e. The zero-order valence-electron chi connectivity index (χ0n) is 16.0. The fourth-order valence-electron chi connectivity index (χ4n) is 3.19. The lowest BCUT2D eigenvalue weighted by Crippen LogP contribution is -2.13. The molecule has 0 saturated heterocycles. The van der Waals surface area contributed by atoms with Gasteiger partial charge in [-0.15, -0.1) is 0 Å². The van der Waals surface area contributed by atoms with Gasteiger partial charge in [0.25, 0.3) is 5.91 Å². The maximum atomic E-state index is 12.8. The molecule has 7 nitrogen and oxygen atoms in total. The fraction of sp³-hybridized carbons (Fsp3) is 0.190. The lowest BCUT2D eigenvalue weighted by atomic mass is 10.1. The Morgan fingerprint density at radius 2 is 1.89 bits per heavy atom. The van der Waals surface area contributed by atoms with Crippen LogP contribution in [0.5, 0.6) is 5.75 Å². The molecular weight excluding hydrogens is 358 g/mol. The van der Waals surface area contributed by atoms with E-state index in [-0.39, 0.29) is 11.6 Å². The van der Waals surface area contributed by atoms with Gasteiger partial charge in [-0.2, -0.15) is 0 Å². The molecular formula is C21H19N3O4. The van der Waals surface area contributed by atoms with Crippen LogP contribution in [0.15, 0.2) is 45.4 Å². The third-order valence-electron chi connectivity index (χ3n) is 4.71. The molecule has 0 radical (unpaired) electrons. The molecule has 1 N–H and O–H groups in total. The molecule has 0 fully saturated rings. The van der Waals surface area contributed by atoms with Gasteiger partial charge in [-0.25, -0.2) is 4.63 Å². The first-order valence-electron chi connectivity index (χ1n) is 8.76. The number of nitrogens with zero attached hydrogens (tertiary/aromatic N) is 2. The molecule has 0 spiro atoms. The van der Waals surface area contributed by atoms with Gasteiger partial charge >= 0.3 is 0 Å². The Morgan fingerprint density at radius 3 is 2.64 bits per heavy atom. The fourth-order valence-corrected chi connectivity index (χ4v) is 3.19. The van der Waals surface area contributed by atoms with E-state index in [9.17, 15) is 4.79 Å². The minimum absolute atomic E-state index is 0.231. The minimum atomic E-state index is -0.408. The number of benzene rings is 2. The second-order valence-electron chi connectivity index (χ2n) is 6.65. The number of aryl methyl sites for hydroxylation is 3. The number of rotatable bonds is 4.